The second-order valence-electron chi connectivity index (χ2n) is 6.68. The molecule has 1 spiro atoms. The summed E-state index contributed by atoms with van der Waals surface area (Å²) in [6, 6.07) is -1.02. The van der Waals surface area contributed by atoms with Crippen molar-refractivity contribution in [2.45, 2.75) is 31.2 Å². The summed E-state index contributed by atoms with van der Waals surface area (Å²) in [5.41, 5.74) is 6.16. The van der Waals surface area contributed by atoms with E-state index in [4.69, 9.17) is 10.5 Å². The molecule has 0 bridgehead atoms. The molecule has 2 aliphatic rings. The number of imidazole rings is 1. The molecule has 2 fully saturated rings. The summed E-state index contributed by atoms with van der Waals surface area (Å²) in [6.07, 6.45) is 0.121. The van der Waals surface area contributed by atoms with E-state index in [0.717, 1.165) is 15.2 Å². The van der Waals surface area contributed by atoms with E-state index < -0.39 is 23.7 Å². The molecule has 0 saturated carbocycles. The van der Waals surface area contributed by atoms with Gasteiger partial charge in [-0.25, -0.2) is 9.97 Å². The molecule has 2 aromatic heterocycles. The van der Waals surface area contributed by atoms with Crippen LogP contribution in [0, 0.1) is 8.99 Å². The minimum absolute atomic E-state index is 0.0623. The third-order valence-corrected chi connectivity index (χ3v) is 6.07. The molecule has 136 valence electrons. The average Bonchev–Trinajstić information content (AvgIpc) is 3.16. The van der Waals surface area contributed by atoms with E-state index in [1.54, 1.807) is 12.4 Å². The molecule has 0 unspecified atom stereocenters. The highest BCUT2D eigenvalue weighted by Gasteiger charge is 2.58. The zero-order valence-corrected chi connectivity index (χ0v) is 15.4. The summed E-state index contributed by atoms with van der Waals surface area (Å²) >= 11 is 2.18. The molecule has 4 heterocycles. The highest BCUT2D eigenvalue weighted by atomic mass is 127. The predicted octanol–water partition coefficient (Wildman–Crippen LogP) is 2.21. The Morgan fingerprint density at radius 2 is 2.00 bits per heavy atom. The zero-order valence-electron chi connectivity index (χ0n) is 13.2. The maximum atomic E-state index is 13.0. The number of anilines is 1. The van der Waals surface area contributed by atoms with Crippen LogP contribution in [0.2, 0.25) is 0 Å². The van der Waals surface area contributed by atoms with E-state index in [2.05, 4.69) is 37.5 Å². The molecule has 10 heteroatoms. The highest BCUT2D eigenvalue weighted by molar-refractivity contribution is 14.1. The fourth-order valence-electron chi connectivity index (χ4n) is 3.81. The number of halogens is 4. The van der Waals surface area contributed by atoms with Crippen LogP contribution in [0.1, 0.15) is 12.8 Å². The number of fused-ring (bicyclic) bond motifs is 1. The second-order valence-corrected chi connectivity index (χ2v) is 7.84. The van der Waals surface area contributed by atoms with Gasteiger partial charge >= 0.3 is 6.18 Å². The number of nitrogens with two attached hydrogens (primary N) is 1. The molecular formula is C15H17F3IN5O. The molecular weight excluding hydrogens is 450 g/mol. The van der Waals surface area contributed by atoms with Gasteiger partial charge in [0.05, 0.1) is 10.2 Å². The molecule has 2 saturated heterocycles. The van der Waals surface area contributed by atoms with Crippen LogP contribution in [-0.4, -0.2) is 52.4 Å². The van der Waals surface area contributed by atoms with E-state index in [0.29, 0.717) is 25.9 Å². The normalized spacial score (nSPS) is 26.7. The summed E-state index contributed by atoms with van der Waals surface area (Å²) in [5, 5.41) is 0. The summed E-state index contributed by atoms with van der Waals surface area (Å²) in [4.78, 5) is 10.9. The third kappa shape index (κ3) is 2.78. The standard InChI is InChI=1S/C15H17F3IN5O/c16-15(17,18)11-10(20)14(8-25-11)1-4-23(5-2-14)13-22-7-9(19)12-21-3-6-24(12)13/h3,6-7,10-11H,1-2,4-5,8,20H2/t10-,11-/m1/s1. The Kier molecular flexibility index (Phi) is 4.11. The zero-order chi connectivity index (χ0) is 17.8. The lowest BCUT2D eigenvalue weighted by Gasteiger charge is -2.41. The quantitative estimate of drug-likeness (QED) is 0.652. The van der Waals surface area contributed by atoms with Gasteiger partial charge in [0.25, 0.3) is 0 Å². The monoisotopic (exact) mass is 467 g/mol. The first-order valence-corrected chi connectivity index (χ1v) is 9.06. The number of hydrogen-bond donors (Lipinski definition) is 1. The Morgan fingerprint density at radius 1 is 1.28 bits per heavy atom. The lowest BCUT2D eigenvalue weighted by molar-refractivity contribution is -0.209. The van der Waals surface area contributed by atoms with Crippen LogP contribution in [-0.2, 0) is 4.74 Å². The maximum absolute atomic E-state index is 13.0. The van der Waals surface area contributed by atoms with Crippen molar-refractivity contribution in [3.63, 3.8) is 0 Å². The van der Waals surface area contributed by atoms with Gasteiger partial charge in [-0.05, 0) is 35.4 Å². The fourth-order valence-corrected chi connectivity index (χ4v) is 4.35. The molecule has 6 nitrogen and oxygen atoms in total. The van der Waals surface area contributed by atoms with Crippen molar-refractivity contribution in [3.05, 3.63) is 22.2 Å². The number of hydrogen-bond acceptors (Lipinski definition) is 5. The minimum Gasteiger partial charge on any atom is -0.366 e. The van der Waals surface area contributed by atoms with E-state index in [1.165, 1.54) is 0 Å². The van der Waals surface area contributed by atoms with Crippen LogP contribution in [0.25, 0.3) is 5.65 Å². The first kappa shape index (κ1) is 17.3. The highest BCUT2D eigenvalue weighted by Crippen LogP contribution is 2.45. The Bertz CT molecular complexity index is 787. The van der Waals surface area contributed by atoms with E-state index in [9.17, 15) is 13.2 Å². The van der Waals surface area contributed by atoms with E-state index in [1.807, 2.05) is 10.6 Å². The summed E-state index contributed by atoms with van der Waals surface area (Å²) in [5.74, 6) is 0.752. The summed E-state index contributed by atoms with van der Waals surface area (Å²) < 4.78 is 47.0. The van der Waals surface area contributed by atoms with Crippen molar-refractivity contribution < 1.29 is 17.9 Å². The third-order valence-electron chi connectivity index (χ3n) is 5.31. The number of ether oxygens (including phenoxy) is 1. The lowest BCUT2D eigenvalue weighted by atomic mass is 9.73. The molecule has 2 aliphatic heterocycles. The predicted molar refractivity (Wildman–Crippen MR) is 93.4 cm³/mol. The molecule has 0 amide bonds. The van der Waals surface area contributed by atoms with Gasteiger partial charge in [0, 0.05) is 43.1 Å². The van der Waals surface area contributed by atoms with Gasteiger partial charge in [-0.2, -0.15) is 13.2 Å². The first-order valence-electron chi connectivity index (χ1n) is 7.98. The Labute approximate surface area is 155 Å². The SMILES string of the molecule is N[C@@H]1[C@H](C(F)(F)F)OCC12CCN(c1ncc(I)c3nccn13)CC2. The van der Waals surface area contributed by atoms with Crippen molar-refractivity contribution in [2.24, 2.45) is 11.1 Å². The molecule has 2 aromatic rings. The minimum atomic E-state index is -4.42. The van der Waals surface area contributed by atoms with Gasteiger partial charge in [0.15, 0.2) is 11.8 Å². The van der Waals surface area contributed by atoms with Crippen LogP contribution in [0.4, 0.5) is 19.1 Å². The van der Waals surface area contributed by atoms with Crippen molar-refractivity contribution in [1.82, 2.24) is 14.4 Å². The molecule has 2 atom stereocenters. The van der Waals surface area contributed by atoms with Crippen molar-refractivity contribution >= 4 is 34.2 Å². The molecule has 0 aliphatic carbocycles. The van der Waals surface area contributed by atoms with Crippen LogP contribution in [0.5, 0.6) is 0 Å². The van der Waals surface area contributed by atoms with Crippen LogP contribution < -0.4 is 10.6 Å². The Morgan fingerprint density at radius 3 is 2.64 bits per heavy atom. The molecule has 25 heavy (non-hydrogen) atoms. The van der Waals surface area contributed by atoms with Crippen LogP contribution in [0.3, 0.4) is 0 Å². The first-order chi connectivity index (χ1) is 11.8. The van der Waals surface area contributed by atoms with Crippen molar-refractivity contribution in [1.29, 1.82) is 0 Å². The Hall–Kier alpha value is -1.14. The number of alkyl halides is 3. The van der Waals surface area contributed by atoms with E-state index >= 15 is 0 Å². The lowest BCUT2D eigenvalue weighted by Crippen LogP contribution is -2.54. The van der Waals surface area contributed by atoms with Crippen LogP contribution in [0.15, 0.2) is 18.6 Å². The number of rotatable bonds is 1. The van der Waals surface area contributed by atoms with Gasteiger partial charge in [-0.3, -0.25) is 4.40 Å². The second kappa shape index (κ2) is 5.95. The number of nitrogens with zero attached hydrogens (tertiary/aromatic N) is 4. The Balaban J connectivity index is 1.54. The van der Waals surface area contributed by atoms with Crippen molar-refractivity contribution in [3.8, 4) is 0 Å². The number of piperidine rings is 1. The van der Waals surface area contributed by atoms with Gasteiger partial charge in [0.1, 0.15) is 0 Å². The topological polar surface area (TPSA) is 68.7 Å². The van der Waals surface area contributed by atoms with Crippen LogP contribution >= 0.6 is 22.6 Å². The number of aromatic nitrogens is 3. The molecule has 4 rings (SSSR count). The van der Waals surface area contributed by atoms with Crippen molar-refractivity contribution in [2.75, 3.05) is 24.6 Å². The molecule has 0 aromatic carbocycles. The maximum Gasteiger partial charge on any atom is 0.416 e. The van der Waals surface area contributed by atoms with Gasteiger partial charge in [-0.15, -0.1) is 0 Å². The fraction of sp³-hybridized carbons (Fsp3) is 0.600. The molecule has 2 N–H and O–H groups in total. The van der Waals surface area contributed by atoms with Gasteiger partial charge in [0.2, 0.25) is 5.95 Å². The molecule has 0 radical (unpaired) electrons. The average molecular weight is 467 g/mol. The van der Waals surface area contributed by atoms with Gasteiger partial charge in [-0.1, -0.05) is 0 Å². The summed E-state index contributed by atoms with van der Waals surface area (Å²) in [6.45, 7) is 1.23. The largest absolute Gasteiger partial charge is 0.416 e. The van der Waals surface area contributed by atoms with E-state index in [-0.39, 0.29) is 6.61 Å². The smallest absolute Gasteiger partial charge is 0.366 e. The summed E-state index contributed by atoms with van der Waals surface area (Å²) in [7, 11) is 0. The van der Waals surface area contributed by atoms with Gasteiger partial charge < -0.3 is 15.4 Å².